The Morgan fingerprint density at radius 1 is 1.12 bits per heavy atom. The summed E-state index contributed by atoms with van der Waals surface area (Å²) in [6.45, 7) is 0.685. The zero-order valence-electron chi connectivity index (χ0n) is 18.7. The van der Waals surface area contributed by atoms with Crippen LogP contribution in [-0.2, 0) is 22.6 Å². The van der Waals surface area contributed by atoms with E-state index in [4.69, 9.17) is 38.5 Å². The highest BCUT2D eigenvalue weighted by Gasteiger charge is 2.34. The van der Waals surface area contributed by atoms with Gasteiger partial charge in [-0.05, 0) is 53.5 Å². The third kappa shape index (κ3) is 5.33. The van der Waals surface area contributed by atoms with Gasteiger partial charge in [-0.2, -0.15) is 0 Å². The van der Waals surface area contributed by atoms with Crippen LogP contribution >= 0.6 is 23.8 Å². The predicted octanol–water partition coefficient (Wildman–Crippen LogP) is 5.10. The van der Waals surface area contributed by atoms with Gasteiger partial charge in [0, 0.05) is 17.1 Å². The molecule has 0 spiro atoms. The van der Waals surface area contributed by atoms with Gasteiger partial charge in [-0.25, -0.2) is 9.86 Å². The highest BCUT2D eigenvalue weighted by molar-refractivity contribution is 7.80. The number of fused-ring (bicyclic) bond motifs is 1. The van der Waals surface area contributed by atoms with Gasteiger partial charge in [0.05, 0.1) is 19.7 Å². The largest absolute Gasteiger partial charge is 0.482 e. The minimum absolute atomic E-state index is 0.326. The minimum atomic E-state index is -1.05. The van der Waals surface area contributed by atoms with Crippen LogP contribution in [0.3, 0.4) is 0 Å². The number of nitrogens with zero attached hydrogens (tertiary/aromatic N) is 2. The Morgan fingerprint density at radius 3 is 2.59 bits per heavy atom. The molecule has 1 N–H and O–H groups in total. The van der Waals surface area contributed by atoms with Crippen molar-refractivity contribution in [2.45, 2.75) is 19.0 Å². The lowest BCUT2D eigenvalue weighted by Gasteiger charge is -2.42. The number of hydroxylamine groups is 2. The number of hydrogen-bond donors (Lipinski definition) is 1. The van der Waals surface area contributed by atoms with Gasteiger partial charge in [0.15, 0.2) is 11.7 Å². The van der Waals surface area contributed by atoms with Crippen LogP contribution in [0.1, 0.15) is 28.3 Å². The first-order valence-electron chi connectivity index (χ1n) is 10.9. The van der Waals surface area contributed by atoms with Crippen LogP contribution in [0, 0.1) is 0 Å². The van der Waals surface area contributed by atoms with Crippen molar-refractivity contribution in [1.82, 2.24) is 9.96 Å². The summed E-state index contributed by atoms with van der Waals surface area (Å²) in [5, 5.41) is 11.9. The van der Waals surface area contributed by atoms with Crippen molar-refractivity contribution in [2.75, 3.05) is 20.3 Å². The van der Waals surface area contributed by atoms with Crippen molar-refractivity contribution in [3.8, 4) is 5.75 Å². The molecule has 3 aromatic rings. The zero-order valence-corrected chi connectivity index (χ0v) is 20.3. The Morgan fingerprint density at radius 2 is 1.85 bits per heavy atom. The van der Waals surface area contributed by atoms with Gasteiger partial charge >= 0.3 is 5.97 Å². The van der Waals surface area contributed by atoms with Crippen molar-refractivity contribution in [3.05, 3.63) is 100 Å². The summed E-state index contributed by atoms with van der Waals surface area (Å²) in [5.74, 6) is -0.598. The van der Waals surface area contributed by atoms with E-state index in [1.807, 2.05) is 48.5 Å². The number of rotatable bonds is 7. The van der Waals surface area contributed by atoms with Crippen molar-refractivity contribution >= 4 is 34.9 Å². The SMILES string of the molecule is CON(Cc1ccccc1)C(=S)N1CCc2ccccc2C1c1cc(Cl)ccc1OCC(=O)O. The molecule has 6 nitrogen and oxygen atoms in total. The standard InChI is InChI=1S/C26H25ClN2O4S/c1-32-29(16-18-7-3-2-4-8-18)26(34)28-14-13-19-9-5-6-10-21(19)25(28)22-15-20(27)11-12-23(22)33-17-24(30)31/h2-12,15,25H,13-14,16-17H2,1H3,(H,30,31). The molecule has 1 aliphatic rings. The summed E-state index contributed by atoms with van der Waals surface area (Å²) >= 11 is 12.3. The Bertz CT molecular complexity index is 1170. The minimum Gasteiger partial charge on any atom is -0.482 e. The maximum atomic E-state index is 11.2. The molecule has 34 heavy (non-hydrogen) atoms. The normalized spacial score (nSPS) is 14.9. The van der Waals surface area contributed by atoms with E-state index in [-0.39, 0.29) is 6.04 Å². The fourth-order valence-electron chi connectivity index (χ4n) is 4.21. The van der Waals surface area contributed by atoms with Gasteiger partial charge in [-0.1, -0.05) is 66.2 Å². The molecule has 0 fully saturated rings. The molecule has 1 atom stereocenters. The molecule has 0 radical (unpaired) electrons. The number of halogens is 1. The number of benzene rings is 3. The number of hydrogen-bond acceptors (Lipinski definition) is 4. The Kier molecular flexibility index (Phi) is 7.67. The topological polar surface area (TPSA) is 62.2 Å². The maximum absolute atomic E-state index is 11.2. The van der Waals surface area contributed by atoms with Gasteiger partial charge < -0.3 is 14.7 Å². The number of ether oxygens (including phenoxy) is 1. The maximum Gasteiger partial charge on any atom is 0.341 e. The molecule has 0 saturated heterocycles. The first-order valence-corrected chi connectivity index (χ1v) is 11.6. The third-order valence-electron chi connectivity index (χ3n) is 5.75. The first kappa shape index (κ1) is 24.0. The Balaban J connectivity index is 1.75. The summed E-state index contributed by atoms with van der Waals surface area (Å²) < 4.78 is 5.66. The van der Waals surface area contributed by atoms with E-state index >= 15 is 0 Å². The molecule has 1 heterocycles. The highest BCUT2D eigenvalue weighted by Crippen LogP contribution is 2.41. The lowest BCUT2D eigenvalue weighted by molar-refractivity contribution is -0.139. The molecular weight excluding hydrogens is 472 g/mol. The van der Waals surface area contributed by atoms with Gasteiger partial charge in [-0.15, -0.1) is 0 Å². The summed E-state index contributed by atoms with van der Waals surface area (Å²) in [6, 6.07) is 23.0. The van der Waals surface area contributed by atoms with Crippen LogP contribution in [0.25, 0.3) is 0 Å². The van der Waals surface area contributed by atoms with Gasteiger partial charge in [0.1, 0.15) is 5.75 Å². The highest BCUT2D eigenvalue weighted by atomic mass is 35.5. The van der Waals surface area contributed by atoms with E-state index in [1.165, 1.54) is 5.56 Å². The molecule has 1 unspecified atom stereocenters. The molecule has 0 saturated carbocycles. The predicted molar refractivity (Wildman–Crippen MR) is 135 cm³/mol. The molecule has 8 heteroatoms. The fraction of sp³-hybridized carbons (Fsp3) is 0.231. The van der Waals surface area contributed by atoms with Crippen molar-refractivity contribution < 1.29 is 19.5 Å². The van der Waals surface area contributed by atoms with Crippen LogP contribution in [0.4, 0.5) is 0 Å². The number of aliphatic carboxylic acids is 1. The Hall–Kier alpha value is -3.13. The summed E-state index contributed by atoms with van der Waals surface area (Å²) in [7, 11) is 1.60. The second-order valence-electron chi connectivity index (χ2n) is 7.90. The van der Waals surface area contributed by atoms with Crippen molar-refractivity contribution in [3.63, 3.8) is 0 Å². The monoisotopic (exact) mass is 496 g/mol. The number of thiocarbonyl (C=S) groups is 1. The van der Waals surface area contributed by atoms with Crippen molar-refractivity contribution in [2.24, 2.45) is 0 Å². The average Bonchev–Trinajstić information content (AvgIpc) is 2.86. The first-order chi connectivity index (χ1) is 16.5. The van der Waals surface area contributed by atoms with Gasteiger partial charge in [-0.3, -0.25) is 4.84 Å². The van der Waals surface area contributed by atoms with Gasteiger partial charge in [0.25, 0.3) is 0 Å². The molecule has 176 valence electrons. The van der Waals surface area contributed by atoms with E-state index in [2.05, 4.69) is 17.0 Å². The van der Waals surface area contributed by atoms with Gasteiger partial charge in [0.2, 0.25) is 0 Å². The summed E-state index contributed by atoms with van der Waals surface area (Å²) in [4.78, 5) is 19.0. The van der Waals surface area contributed by atoms with Crippen LogP contribution in [0.15, 0.2) is 72.8 Å². The fourth-order valence-corrected chi connectivity index (χ4v) is 4.73. The van der Waals surface area contributed by atoms with Crippen LogP contribution < -0.4 is 4.74 Å². The van der Waals surface area contributed by atoms with E-state index in [0.29, 0.717) is 29.0 Å². The van der Waals surface area contributed by atoms with Crippen LogP contribution in [0.5, 0.6) is 5.75 Å². The van der Waals surface area contributed by atoms with E-state index < -0.39 is 12.6 Å². The molecular formula is C26H25ClN2O4S. The van der Waals surface area contributed by atoms with Crippen LogP contribution in [0.2, 0.25) is 5.02 Å². The van der Waals surface area contributed by atoms with E-state index in [9.17, 15) is 4.79 Å². The van der Waals surface area contributed by atoms with Crippen LogP contribution in [-0.4, -0.2) is 46.4 Å². The molecule has 4 rings (SSSR count). The number of carbonyl (C=O) groups is 1. The van der Waals surface area contributed by atoms with Crippen molar-refractivity contribution in [1.29, 1.82) is 0 Å². The molecule has 0 bridgehead atoms. The lowest BCUT2D eigenvalue weighted by atomic mass is 9.88. The number of carboxylic acid groups (broad SMARTS) is 1. The third-order valence-corrected chi connectivity index (χ3v) is 6.42. The second kappa shape index (κ2) is 10.9. The molecule has 3 aromatic carbocycles. The summed E-state index contributed by atoms with van der Waals surface area (Å²) in [5.41, 5.74) is 4.07. The molecule has 0 amide bonds. The zero-order chi connectivity index (χ0) is 24.1. The second-order valence-corrected chi connectivity index (χ2v) is 8.70. The Labute approximate surface area is 209 Å². The molecule has 0 aliphatic carbocycles. The van der Waals surface area contributed by atoms with E-state index in [1.54, 1.807) is 24.3 Å². The molecule has 1 aliphatic heterocycles. The lowest BCUT2D eigenvalue weighted by Crippen LogP contribution is -2.47. The quantitative estimate of drug-likeness (QED) is 0.360. The average molecular weight is 497 g/mol. The smallest absolute Gasteiger partial charge is 0.341 e. The molecule has 0 aromatic heterocycles. The van der Waals surface area contributed by atoms with E-state index in [0.717, 1.165) is 23.1 Å². The summed E-state index contributed by atoms with van der Waals surface area (Å²) in [6.07, 6.45) is 0.807. The number of carboxylic acids is 1.